The molecule has 0 fully saturated rings. The van der Waals surface area contributed by atoms with Crippen LogP contribution in [0.1, 0.15) is 11.1 Å². The van der Waals surface area contributed by atoms with Gasteiger partial charge in [0.25, 0.3) is 0 Å². The van der Waals surface area contributed by atoms with Crippen LogP contribution in [-0.2, 0) is 11.3 Å². The number of nitrogens with zero attached hydrogens (tertiary/aromatic N) is 5. The Morgan fingerprint density at radius 1 is 1.00 bits per heavy atom. The number of hydrogen-bond acceptors (Lipinski definition) is 5. The van der Waals surface area contributed by atoms with Gasteiger partial charge in [-0.1, -0.05) is 60.3 Å². The average molecular weight is 430 g/mol. The van der Waals surface area contributed by atoms with E-state index in [-0.39, 0.29) is 11.7 Å². The van der Waals surface area contributed by atoms with Gasteiger partial charge in [-0.05, 0) is 36.2 Å². The van der Waals surface area contributed by atoms with Crippen LogP contribution >= 0.6 is 11.8 Å². The summed E-state index contributed by atoms with van der Waals surface area (Å²) in [5, 5.41) is 9.50. The predicted molar refractivity (Wildman–Crippen MR) is 123 cm³/mol. The van der Waals surface area contributed by atoms with E-state index in [1.54, 1.807) is 17.3 Å². The Morgan fingerprint density at radius 3 is 2.52 bits per heavy atom. The molecule has 31 heavy (non-hydrogen) atoms. The lowest BCUT2D eigenvalue weighted by Gasteiger charge is -2.17. The van der Waals surface area contributed by atoms with Gasteiger partial charge in [-0.15, -0.1) is 10.2 Å². The van der Waals surface area contributed by atoms with Gasteiger partial charge in [0.05, 0.1) is 11.4 Å². The highest BCUT2D eigenvalue weighted by Gasteiger charge is 2.19. The zero-order chi connectivity index (χ0) is 21.6. The molecule has 0 bridgehead atoms. The first-order chi connectivity index (χ1) is 15.1. The fourth-order valence-electron chi connectivity index (χ4n) is 3.26. The lowest BCUT2D eigenvalue weighted by molar-refractivity contribution is -0.127. The molecule has 0 saturated heterocycles. The number of aryl methyl sites for hydroxylation is 1. The normalized spacial score (nSPS) is 10.8. The van der Waals surface area contributed by atoms with Crippen LogP contribution in [0.15, 0.2) is 84.3 Å². The summed E-state index contributed by atoms with van der Waals surface area (Å²) in [6, 6.07) is 21.9. The summed E-state index contributed by atoms with van der Waals surface area (Å²) < 4.78 is 2.00. The monoisotopic (exact) mass is 429 g/mol. The van der Waals surface area contributed by atoms with Gasteiger partial charge in [-0.25, -0.2) is 0 Å². The van der Waals surface area contributed by atoms with Crippen molar-refractivity contribution in [3.63, 3.8) is 0 Å². The van der Waals surface area contributed by atoms with Crippen LogP contribution in [0.2, 0.25) is 0 Å². The van der Waals surface area contributed by atoms with Crippen LogP contribution in [0.4, 0.5) is 0 Å². The van der Waals surface area contributed by atoms with Crippen LogP contribution < -0.4 is 0 Å². The molecule has 2 heterocycles. The molecule has 2 aromatic heterocycles. The Balaban J connectivity index is 1.58. The Bertz CT molecular complexity index is 1160. The van der Waals surface area contributed by atoms with E-state index in [1.807, 2.05) is 72.3 Å². The third kappa shape index (κ3) is 4.83. The maximum absolute atomic E-state index is 12.7. The Kier molecular flexibility index (Phi) is 6.43. The number of amides is 1. The number of thioether (sulfide) groups is 1. The quantitative estimate of drug-likeness (QED) is 0.408. The van der Waals surface area contributed by atoms with Gasteiger partial charge in [0.15, 0.2) is 11.0 Å². The summed E-state index contributed by atoms with van der Waals surface area (Å²) in [6.07, 6.45) is 3.50. The molecule has 0 atom stereocenters. The molecule has 0 unspecified atom stereocenters. The molecule has 6 nitrogen and oxygen atoms in total. The molecule has 156 valence electrons. The van der Waals surface area contributed by atoms with Crippen molar-refractivity contribution in [3.8, 4) is 17.1 Å². The first kappa shape index (κ1) is 20.8. The van der Waals surface area contributed by atoms with Gasteiger partial charge in [0.2, 0.25) is 5.91 Å². The van der Waals surface area contributed by atoms with Gasteiger partial charge in [-0.2, -0.15) is 0 Å². The number of para-hydroxylation sites is 1. The summed E-state index contributed by atoms with van der Waals surface area (Å²) in [6.45, 7) is 2.63. The predicted octanol–water partition coefficient (Wildman–Crippen LogP) is 4.39. The number of pyridine rings is 1. The maximum Gasteiger partial charge on any atom is 0.233 e. The second-order valence-corrected chi connectivity index (χ2v) is 8.14. The highest BCUT2D eigenvalue weighted by molar-refractivity contribution is 7.99. The summed E-state index contributed by atoms with van der Waals surface area (Å²) in [5.41, 5.74) is 4.06. The number of benzene rings is 2. The third-order valence-corrected chi connectivity index (χ3v) is 5.84. The van der Waals surface area contributed by atoms with E-state index in [1.165, 1.54) is 11.8 Å². The van der Waals surface area contributed by atoms with Crippen LogP contribution in [0.25, 0.3) is 17.1 Å². The standard InChI is InChI=1S/C24H23N5OS/c1-18-9-6-7-13-21(18)29-23(20-12-8-14-25-15-20)26-27-24(29)31-17-22(30)28(2)16-19-10-4-3-5-11-19/h3-15H,16-17H2,1-2H3. The van der Waals surface area contributed by atoms with Gasteiger partial charge >= 0.3 is 0 Å². The van der Waals surface area contributed by atoms with Crippen molar-refractivity contribution in [2.75, 3.05) is 12.8 Å². The number of rotatable bonds is 7. The zero-order valence-electron chi connectivity index (χ0n) is 17.5. The first-order valence-electron chi connectivity index (χ1n) is 9.96. The van der Waals surface area contributed by atoms with Gasteiger partial charge in [-0.3, -0.25) is 14.3 Å². The fourth-order valence-corrected chi connectivity index (χ4v) is 4.14. The molecule has 0 aliphatic heterocycles. The molecule has 0 radical (unpaired) electrons. The van der Waals surface area contributed by atoms with Crippen LogP contribution in [0.5, 0.6) is 0 Å². The molecule has 4 rings (SSSR count). The molecular formula is C24H23N5OS. The van der Waals surface area contributed by atoms with Crippen molar-refractivity contribution < 1.29 is 4.79 Å². The average Bonchev–Trinajstić information content (AvgIpc) is 3.22. The number of carbonyl (C=O) groups is 1. The highest BCUT2D eigenvalue weighted by Crippen LogP contribution is 2.29. The third-order valence-electron chi connectivity index (χ3n) is 4.92. The minimum absolute atomic E-state index is 0.0381. The van der Waals surface area contributed by atoms with Gasteiger partial charge < -0.3 is 4.90 Å². The summed E-state index contributed by atoms with van der Waals surface area (Å²) >= 11 is 1.39. The van der Waals surface area contributed by atoms with Crippen molar-refractivity contribution in [2.24, 2.45) is 0 Å². The first-order valence-corrected chi connectivity index (χ1v) is 10.9. The molecule has 1 amide bonds. The van der Waals surface area contributed by atoms with Crippen LogP contribution in [0.3, 0.4) is 0 Å². The SMILES string of the molecule is Cc1ccccc1-n1c(SCC(=O)N(C)Cc2ccccc2)nnc1-c1cccnc1. The topological polar surface area (TPSA) is 63.9 Å². The van der Waals surface area contributed by atoms with E-state index in [4.69, 9.17) is 0 Å². The largest absolute Gasteiger partial charge is 0.341 e. The molecule has 2 aromatic carbocycles. The van der Waals surface area contributed by atoms with Gasteiger partial charge in [0.1, 0.15) is 0 Å². The summed E-state index contributed by atoms with van der Waals surface area (Å²) in [7, 11) is 1.82. The Labute approximate surface area is 186 Å². The molecule has 0 aliphatic rings. The molecule has 4 aromatic rings. The highest BCUT2D eigenvalue weighted by atomic mass is 32.2. The lowest BCUT2D eigenvalue weighted by Crippen LogP contribution is -2.27. The van der Waals surface area contributed by atoms with E-state index in [0.29, 0.717) is 17.5 Å². The second-order valence-electron chi connectivity index (χ2n) is 7.19. The maximum atomic E-state index is 12.7. The second kappa shape index (κ2) is 9.57. The van der Waals surface area contributed by atoms with Gasteiger partial charge in [0, 0.05) is 31.5 Å². The molecule has 0 spiro atoms. The molecule has 0 aliphatic carbocycles. The minimum Gasteiger partial charge on any atom is -0.341 e. The Hall–Kier alpha value is -3.45. The van der Waals surface area contributed by atoms with Crippen molar-refractivity contribution >= 4 is 17.7 Å². The fraction of sp³-hybridized carbons (Fsp3) is 0.167. The Morgan fingerprint density at radius 2 is 1.77 bits per heavy atom. The van der Waals surface area contributed by atoms with E-state index in [0.717, 1.165) is 22.4 Å². The van der Waals surface area contributed by atoms with E-state index < -0.39 is 0 Å². The molecule has 0 saturated carbocycles. The van der Waals surface area contributed by atoms with Crippen molar-refractivity contribution in [3.05, 3.63) is 90.3 Å². The molecular weight excluding hydrogens is 406 g/mol. The molecule has 0 N–H and O–H groups in total. The van der Waals surface area contributed by atoms with Crippen LogP contribution in [-0.4, -0.2) is 43.4 Å². The lowest BCUT2D eigenvalue weighted by atomic mass is 10.2. The van der Waals surface area contributed by atoms with Crippen molar-refractivity contribution in [1.82, 2.24) is 24.6 Å². The summed E-state index contributed by atoms with van der Waals surface area (Å²) in [5.74, 6) is 1.02. The van der Waals surface area contributed by atoms with Crippen molar-refractivity contribution in [1.29, 1.82) is 0 Å². The number of aromatic nitrogens is 4. The molecule has 7 heteroatoms. The smallest absolute Gasteiger partial charge is 0.233 e. The van der Waals surface area contributed by atoms with E-state index >= 15 is 0 Å². The zero-order valence-corrected chi connectivity index (χ0v) is 18.3. The number of carbonyl (C=O) groups excluding carboxylic acids is 1. The minimum atomic E-state index is 0.0381. The van der Waals surface area contributed by atoms with Crippen LogP contribution in [0, 0.1) is 6.92 Å². The van der Waals surface area contributed by atoms with E-state index in [2.05, 4.69) is 28.2 Å². The van der Waals surface area contributed by atoms with Crippen molar-refractivity contribution in [2.45, 2.75) is 18.6 Å². The number of hydrogen-bond donors (Lipinski definition) is 0. The van der Waals surface area contributed by atoms with E-state index in [9.17, 15) is 4.79 Å². The summed E-state index contributed by atoms with van der Waals surface area (Å²) in [4.78, 5) is 18.7.